The molecule has 0 aliphatic rings. The molecule has 2 N–H and O–H groups in total. The Hall–Kier alpha value is -2.73. The Bertz CT molecular complexity index is 734. The molecular weight excluding hydrogens is 320 g/mol. The van der Waals surface area contributed by atoms with Gasteiger partial charge in [0.15, 0.2) is 0 Å². The molecule has 0 aliphatic carbocycles. The van der Waals surface area contributed by atoms with Crippen LogP contribution in [0.15, 0.2) is 42.5 Å². The second-order valence-corrected chi connectivity index (χ2v) is 4.98. The van der Waals surface area contributed by atoms with Crippen LogP contribution in [0, 0.1) is 0 Å². The van der Waals surface area contributed by atoms with Crippen molar-refractivity contribution in [1.82, 2.24) is 0 Å². The summed E-state index contributed by atoms with van der Waals surface area (Å²) in [6, 6.07) is 10.9. The van der Waals surface area contributed by atoms with E-state index >= 15 is 0 Å². The highest BCUT2D eigenvalue weighted by atomic mass is 35.5. The number of esters is 1. The number of carbonyl (C=O) groups excluding carboxylic acids is 2. The minimum atomic E-state index is -0.481. The van der Waals surface area contributed by atoms with Gasteiger partial charge in [-0.3, -0.25) is 4.79 Å². The molecule has 2 aromatic carbocycles. The lowest BCUT2D eigenvalue weighted by Crippen LogP contribution is -2.19. The molecule has 120 valence electrons. The number of nitrogens with one attached hydrogen (secondary N) is 2. The van der Waals surface area contributed by atoms with Crippen LogP contribution in [-0.4, -0.2) is 19.1 Å². The van der Waals surface area contributed by atoms with Gasteiger partial charge in [-0.1, -0.05) is 17.7 Å². The molecule has 0 saturated carbocycles. The quantitative estimate of drug-likeness (QED) is 0.656. The standard InChI is InChI=1S/C16H15ClN2O4/c1-10(20)23-13-5-3-4-12(9-13)18-16(21)19-14-8-11(17)6-7-15(14)22-2/h3-9H,1-2H3,(H2,18,19,21). The Morgan fingerprint density at radius 3 is 2.57 bits per heavy atom. The van der Waals surface area contributed by atoms with Gasteiger partial charge in [0.2, 0.25) is 0 Å². The zero-order valence-electron chi connectivity index (χ0n) is 12.6. The van der Waals surface area contributed by atoms with Gasteiger partial charge in [-0.15, -0.1) is 0 Å². The van der Waals surface area contributed by atoms with Crippen LogP contribution < -0.4 is 20.1 Å². The summed E-state index contributed by atoms with van der Waals surface area (Å²) >= 11 is 5.91. The first-order valence-corrected chi connectivity index (χ1v) is 7.06. The molecule has 2 aromatic rings. The first-order chi connectivity index (χ1) is 11.0. The number of anilines is 2. The smallest absolute Gasteiger partial charge is 0.323 e. The van der Waals surface area contributed by atoms with Gasteiger partial charge in [-0.05, 0) is 30.3 Å². The second-order valence-electron chi connectivity index (χ2n) is 4.55. The first-order valence-electron chi connectivity index (χ1n) is 6.68. The molecule has 0 fully saturated rings. The summed E-state index contributed by atoms with van der Waals surface area (Å²) in [4.78, 5) is 23.0. The molecule has 7 heteroatoms. The SMILES string of the molecule is COc1ccc(Cl)cc1NC(=O)Nc1cccc(OC(C)=O)c1. The lowest BCUT2D eigenvalue weighted by atomic mass is 10.3. The van der Waals surface area contributed by atoms with Crippen LogP contribution in [0.4, 0.5) is 16.2 Å². The number of ether oxygens (including phenoxy) is 2. The van der Waals surface area contributed by atoms with E-state index in [0.717, 1.165) is 0 Å². The minimum absolute atomic E-state index is 0.343. The summed E-state index contributed by atoms with van der Waals surface area (Å²) in [6.45, 7) is 1.30. The Labute approximate surface area is 138 Å². The molecule has 0 saturated heterocycles. The van der Waals surface area contributed by atoms with Gasteiger partial charge >= 0.3 is 12.0 Å². The summed E-state index contributed by atoms with van der Waals surface area (Å²) in [7, 11) is 1.49. The molecule has 2 rings (SSSR count). The average Bonchev–Trinajstić information content (AvgIpc) is 2.47. The van der Waals surface area contributed by atoms with Gasteiger partial charge in [-0.2, -0.15) is 0 Å². The fourth-order valence-corrected chi connectivity index (χ4v) is 2.04. The van der Waals surface area contributed by atoms with Gasteiger partial charge in [0.05, 0.1) is 12.8 Å². The molecule has 2 amide bonds. The van der Waals surface area contributed by atoms with Gasteiger partial charge in [0.1, 0.15) is 11.5 Å². The summed E-state index contributed by atoms with van der Waals surface area (Å²) in [5.74, 6) is 0.393. The molecule has 23 heavy (non-hydrogen) atoms. The van der Waals surface area contributed by atoms with Crippen LogP contribution in [-0.2, 0) is 4.79 Å². The number of hydrogen-bond acceptors (Lipinski definition) is 4. The molecule has 0 aliphatic heterocycles. The van der Waals surface area contributed by atoms with Gasteiger partial charge in [0.25, 0.3) is 0 Å². The summed E-state index contributed by atoms with van der Waals surface area (Å²) in [5.41, 5.74) is 0.913. The maximum absolute atomic E-state index is 12.1. The highest BCUT2D eigenvalue weighted by Gasteiger charge is 2.09. The Morgan fingerprint density at radius 2 is 1.87 bits per heavy atom. The van der Waals surface area contributed by atoms with Crippen LogP contribution in [0.25, 0.3) is 0 Å². The normalized spacial score (nSPS) is 9.87. The Morgan fingerprint density at radius 1 is 1.09 bits per heavy atom. The largest absolute Gasteiger partial charge is 0.495 e. The molecule has 0 radical (unpaired) electrons. The van der Waals surface area contributed by atoms with Crippen molar-refractivity contribution in [1.29, 1.82) is 0 Å². The van der Waals surface area contributed by atoms with Gasteiger partial charge < -0.3 is 20.1 Å². The van der Waals surface area contributed by atoms with E-state index in [1.807, 2.05) is 0 Å². The molecule has 0 unspecified atom stereocenters. The summed E-state index contributed by atoms with van der Waals surface area (Å²) < 4.78 is 10.1. The van der Waals surface area contributed by atoms with E-state index in [2.05, 4.69) is 10.6 Å². The van der Waals surface area contributed by atoms with E-state index in [1.165, 1.54) is 20.1 Å². The number of hydrogen-bond donors (Lipinski definition) is 2. The fraction of sp³-hybridized carbons (Fsp3) is 0.125. The summed E-state index contributed by atoms with van der Waals surface area (Å²) in [5, 5.41) is 5.75. The lowest BCUT2D eigenvalue weighted by Gasteiger charge is -2.12. The number of carbonyl (C=O) groups is 2. The number of urea groups is 1. The first kappa shape index (κ1) is 16.6. The summed E-state index contributed by atoms with van der Waals surface area (Å²) in [6.07, 6.45) is 0. The van der Waals surface area contributed by atoms with E-state index in [-0.39, 0.29) is 0 Å². The highest BCUT2D eigenvalue weighted by Crippen LogP contribution is 2.28. The van der Waals surface area contributed by atoms with Crippen molar-refractivity contribution >= 4 is 35.0 Å². The second kappa shape index (κ2) is 7.51. The number of benzene rings is 2. The number of halogens is 1. The van der Waals surface area contributed by atoms with Gasteiger partial charge in [0, 0.05) is 23.7 Å². The van der Waals surface area contributed by atoms with Crippen LogP contribution in [0.1, 0.15) is 6.92 Å². The molecule has 0 atom stereocenters. The maximum Gasteiger partial charge on any atom is 0.323 e. The predicted octanol–water partition coefficient (Wildman–Crippen LogP) is 3.92. The minimum Gasteiger partial charge on any atom is -0.495 e. The molecule has 0 heterocycles. The Balaban J connectivity index is 2.08. The van der Waals surface area contributed by atoms with Crippen LogP contribution in [0.2, 0.25) is 5.02 Å². The molecule has 6 nitrogen and oxygen atoms in total. The number of amides is 2. The van der Waals surface area contributed by atoms with Gasteiger partial charge in [-0.25, -0.2) is 4.79 Å². The van der Waals surface area contributed by atoms with Crippen molar-refractivity contribution in [3.8, 4) is 11.5 Å². The number of rotatable bonds is 4. The predicted molar refractivity (Wildman–Crippen MR) is 88.4 cm³/mol. The van der Waals surface area contributed by atoms with Crippen molar-refractivity contribution in [2.75, 3.05) is 17.7 Å². The Kier molecular flexibility index (Phi) is 5.43. The zero-order chi connectivity index (χ0) is 16.8. The van der Waals surface area contributed by atoms with E-state index in [9.17, 15) is 9.59 Å². The van der Waals surface area contributed by atoms with E-state index in [4.69, 9.17) is 21.1 Å². The van der Waals surface area contributed by atoms with Crippen molar-refractivity contribution < 1.29 is 19.1 Å². The lowest BCUT2D eigenvalue weighted by molar-refractivity contribution is -0.131. The fourth-order valence-electron chi connectivity index (χ4n) is 1.87. The van der Waals surface area contributed by atoms with Crippen LogP contribution >= 0.6 is 11.6 Å². The monoisotopic (exact) mass is 334 g/mol. The molecule has 0 aromatic heterocycles. The molecule has 0 bridgehead atoms. The maximum atomic E-state index is 12.1. The van der Waals surface area contributed by atoms with Crippen molar-refractivity contribution in [2.45, 2.75) is 6.92 Å². The average molecular weight is 335 g/mol. The third-order valence-electron chi connectivity index (χ3n) is 2.76. The third-order valence-corrected chi connectivity index (χ3v) is 3.00. The van der Waals surface area contributed by atoms with E-state index in [0.29, 0.717) is 27.9 Å². The zero-order valence-corrected chi connectivity index (χ0v) is 13.3. The van der Waals surface area contributed by atoms with Crippen molar-refractivity contribution in [2.24, 2.45) is 0 Å². The number of methoxy groups -OCH3 is 1. The molecule has 0 spiro atoms. The van der Waals surface area contributed by atoms with E-state index in [1.54, 1.807) is 36.4 Å². The van der Waals surface area contributed by atoms with Crippen molar-refractivity contribution in [3.63, 3.8) is 0 Å². The molecular formula is C16H15ClN2O4. The third kappa shape index (κ3) is 4.89. The van der Waals surface area contributed by atoms with E-state index < -0.39 is 12.0 Å². The van der Waals surface area contributed by atoms with Crippen molar-refractivity contribution in [3.05, 3.63) is 47.5 Å². The van der Waals surface area contributed by atoms with Crippen LogP contribution in [0.5, 0.6) is 11.5 Å². The highest BCUT2D eigenvalue weighted by molar-refractivity contribution is 6.31. The van der Waals surface area contributed by atoms with Crippen LogP contribution in [0.3, 0.4) is 0 Å². The topological polar surface area (TPSA) is 76.7 Å².